The highest BCUT2D eigenvalue weighted by Gasteiger charge is 2.40. The molecule has 18 heavy (non-hydrogen) atoms. The molecular formula is C14H23N3O. The van der Waals surface area contributed by atoms with E-state index in [0.29, 0.717) is 17.2 Å². The van der Waals surface area contributed by atoms with E-state index >= 15 is 0 Å². The summed E-state index contributed by atoms with van der Waals surface area (Å²) in [5.74, 6) is 1.34. The molecule has 0 atom stereocenters. The van der Waals surface area contributed by atoms with Crippen LogP contribution in [0.1, 0.15) is 45.7 Å². The highest BCUT2D eigenvalue weighted by Crippen LogP contribution is 2.48. The Morgan fingerprint density at radius 3 is 2.67 bits per heavy atom. The van der Waals surface area contributed by atoms with Crippen LogP contribution in [0, 0.1) is 12.3 Å². The lowest BCUT2D eigenvalue weighted by molar-refractivity contribution is 0.232. The van der Waals surface area contributed by atoms with E-state index in [-0.39, 0.29) is 6.10 Å². The topological polar surface area (TPSA) is 47.0 Å². The second kappa shape index (κ2) is 5.12. The molecule has 0 bridgehead atoms. The molecule has 0 amide bonds. The van der Waals surface area contributed by atoms with E-state index in [1.807, 2.05) is 26.8 Å². The maximum absolute atomic E-state index is 5.62. The largest absolute Gasteiger partial charge is 0.475 e. The molecule has 1 aliphatic carbocycles. The first-order valence-corrected chi connectivity index (χ1v) is 6.79. The van der Waals surface area contributed by atoms with Crippen LogP contribution >= 0.6 is 0 Å². The molecule has 1 heterocycles. The standard InChI is InChI=1S/C14H23N3O/c1-5-14(6-7-14)9-15-13-16-11(4)8-12(17-13)18-10(2)3/h8,10H,5-7,9H2,1-4H3,(H,15,16,17). The fourth-order valence-corrected chi connectivity index (χ4v) is 2.02. The van der Waals surface area contributed by atoms with Gasteiger partial charge in [0, 0.05) is 18.3 Å². The Morgan fingerprint density at radius 1 is 1.39 bits per heavy atom. The van der Waals surface area contributed by atoms with Gasteiger partial charge in [-0.25, -0.2) is 4.98 Å². The number of aromatic nitrogens is 2. The molecule has 4 nitrogen and oxygen atoms in total. The van der Waals surface area contributed by atoms with E-state index in [1.165, 1.54) is 19.3 Å². The predicted octanol–water partition coefficient (Wildman–Crippen LogP) is 3.17. The molecule has 1 aromatic heterocycles. The number of nitrogens with zero attached hydrogens (tertiary/aromatic N) is 2. The molecule has 0 saturated heterocycles. The van der Waals surface area contributed by atoms with Gasteiger partial charge >= 0.3 is 0 Å². The molecule has 4 heteroatoms. The van der Waals surface area contributed by atoms with Crippen LogP contribution in [-0.2, 0) is 0 Å². The summed E-state index contributed by atoms with van der Waals surface area (Å²) in [6.45, 7) is 9.18. The summed E-state index contributed by atoms with van der Waals surface area (Å²) in [4.78, 5) is 8.80. The third kappa shape index (κ3) is 3.34. The summed E-state index contributed by atoms with van der Waals surface area (Å²) in [5, 5.41) is 3.35. The van der Waals surface area contributed by atoms with Gasteiger partial charge < -0.3 is 10.1 Å². The van der Waals surface area contributed by atoms with Crippen LogP contribution in [-0.4, -0.2) is 22.6 Å². The molecule has 0 radical (unpaired) electrons. The van der Waals surface area contributed by atoms with Gasteiger partial charge in [0.1, 0.15) is 0 Å². The van der Waals surface area contributed by atoms with E-state index < -0.39 is 0 Å². The normalized spacial score (nSPS) is 16.7. The molecule has 0 aliphatic heterocycles. The maximum atomic E-state index is 5.62. The molecule has 1 aliphatic rings. The van der Waals surface area contributed by atoms with Crippen molar-refractivity contribution in [3.63, 3.8) is 0 Å². The van der Waals surface area contributed by atoms with Crippen molar-refractivity contribution in [3.05, 3.63) is 11.8 Å². The molecule has 1 N–H and O–H groups in total. The smallest absolute Gasteiger partial charge is 0.226 e. The van der Waals surface area contributed by atoms with Gasteiger partial charge in [-0.05, 0) is 45.4 Å². The number of aryl methyl sites for hydroxylation is 1. The van der Waals surface area contributed by atoms with Crippen LogP contribution < -0.4 is 10.1 Å². The first kappa shape index (κ1) is 13.1. The summed E-state index contributed by atoms with van der Waals surface area (Å²) in [7, 11) is 0. The monoisotopic (exact) mass is 249 g/mol. The van der Waals surface area contributed by atoms with Gasteiger partial charge in [-0.15, -0.1) is 0 Å². The molecule has 1 saturated carbocycles. The number of nitrogens with one attached hydrogen (secondary N) is 1. The van der Waals surface area contributed by atoms with Gasteiger partial charge in [0.05, 0.1) is 6.10 Å². The number of rotatable bonds is 6. The van der Waals surface area contributed by atoms with Crippen LogP contribution in [0.25, 0.3) is 0 Å². The van der Waals surface area contributed by atoms with E-state index in [4.69, 9.17) is 4.74 Å². The van der Waals surface area contributed by atoms with Crippen molar-refractivity contribution in [2.75, 3.05) is 11.9 Å². The quantitative estimate of drug-likeness (QED) is 0.841. The molecular weight excluding hydrogens is 226 g/mol. The maximum Gasteiger partial charge on any atom is 0.226 e. The van der Waals surface area contributed by atoms with Crippen molar-refractivity contribution < 1.29 is 4.74 Å². The number of ether oxygens (including phenoxy) is 1. The highest BCUT2D eigenvalue weighted by molar-refractivity contribution is 5.31. The molecule has 0 unspecified atom stereocenters. The minimum atomic E-state index is 0.137. The van der Waals surface area contributed by atoms with E-state index in [0.717, 1.165) is 12.2 Å². The van der Waals surface area contributed by atoms with Gasteiger partial charge in [-0.1, -0.05) is 6.92 Å². The summed E-state index contributed by atoms with van der Waals surface area (Å²) in [5.41, 5.74) is 1.43. The SMILES string of the molecule is CCC1(CNc2nc(C)cc(OC(C)C)n2)CC1. The Bertz CT molecular complexity index is 414. The fraction of sp³-hybridized carbons (Fsp3) is 0.714. The zero-order valence-corrected chi connectivity index (χ0v) is 11.8. The van der Waals surface area contributed by atoms with Gasteiger partial charge in [-0.3, -0.25) is 0 Å². The fourth-order valence-electron chi connectivity index (χ4n) is 2.02. The molecule has 1 fully saturated rings. The molecule has 2 rings (SSSR count). The average molecular weight is 249 g/mol. The minimum Gasteiger partial charge on any atom is -0.475 e. The van der Waals surface area contributed by atoms with Crippen molar-refractivity contribution in [1.82, 2.24) is 9.97 Å². The third-order valence-electron chi connectivity index (χ3n) is 3.52. The summed E-state index contributed by atoms with van der Waals surface area (Å²) in [6, 6.07) is 1.87. The Hall–Kier alpha value is -1.32. The zero-order chi connectivity index (χ0) is 13.2. The highest BCUT2D eigenvalue weighted by atomic mass is 16.5. The summed E-state index contributed by atoms with van der Waals surface area (Å²) >= 11 is 0. The lowest BCUT2D eigenvalue weighted by Gasteiger charge is -2.15. The number of hydrogen-bond acceptors (Lipinski definition) is 4. The Kier molecular flexibility index (Phi) is 3.73. The molecule has 0 aromatic carbocycles. The lowest BCUT2D eigenvalue weighted by Crippen LogP contribution is -2.17. The second-order valence-electron chi connectivity index (χ2n) is 5.54. The zero-order valence-electron chi connectivity index (χ0n) is 11.8. The summed E-state index contributed by atoms with van der Waals surface area (Å²) < 4.78 is 5.62. The van der Waals surface area contributed by atoms with Crippen molar-refractivity contribution in [2.45, 2.75) is 53.1 Å². The first-order valence-electron chi connectivity index (χ1n) is 6.79. The summed E-state index contributed by atoms with van der Waals surface area (Å²) in [6.07, 6.45) is 3.99. The number of hydrogen-bond donors (Lipinski definition) is 1. The van der Waals surface area contributed by atoms with Gasteiger partial charge in [0.25, 0.3) is 0 Å². The third-order valence-corrected chi connectivity index (χ3v) is 3.52. The van der Waals surface area contributed by atoms with Crippen molar-refractivity contribution in [1.29, 1.82) is 0 Å². The lowest BCUT2D eigenvalue weighted by atomic mass is 10.0. The van der Waals surface area contributed by atoms with Crippen LogP contribution in [0.5, 0.6) is 5.88 Å². The van der Waals surface area contributed by atoms with Gasteiger partial charge in [0.15, 0.2) is 0 Å². The number of anilines is 1. The first-order chi connectivity index (χ1) is 8.53. The van der Waals surface area contributed by atoms with E-state index in [1.54, 1.807) is 0 Å². The van der Waals surface area contributed by atoms with E-state index in [9.17, 15) is 0 Å². The van der Waals surface area contributed by atoms with Gasteiger partial charge in [0.2, 0.25) is 11.8 Å². The molecule has 100 valence electrons. The predicted molar refractivity (Wildman–Crippen MR) is 73.0 cm³/mol. The van der Waals surface area contributed by atoms with Crippen LogP contribution in [0.2, 0.25) is 0 Å². The van der Waals surface area contributed by atoms with Crippen LogP contribution in [0.3, 0.4) is 0 Å². The Balaban J connectivity index is 2.01. The minimum absolute atomic E-state index is 0.137. The van der Waals surface area contributed by atoms with Crippen LogP contribution in [0.15, 0.2) is 6.07 Å². The Labute approximate surface area is 109 Å². The average Bonchev–Trinajstić information content (AvgIpc) is 3.05. The van der Waals surface area contributed by atoms with E-state index in [2.05, 4.69) is 22.2 Å². The van der Waals surface area contributed by atoms with Crippen LogP contribution in [0.4, 0.5) is 5.95 Å². The van der Waals surface area contributed by atoms with Gasteiger partial charge in [-0.2, -0.15) is 4.98 Å². The van der Waals surface area contributed by atoms with Crippen molar-refractivity contribution in [2.24, 2.45) is 5.41 Å². The molecule has 1 aromatic rings. The van der Waals surface area contributed by atoms with Crippen molar-refractivity contribution in [3.8, 4) is 5.88 Å². The molecule has 0 spiro atoms. The van der Waals surface area contributed by atoms with Crippen molar-refractivity contribution >= 4 is 5.95 Å². The second-order valence-corrected chi connectivity index (χ2v) is 5.54. The Morgan fingerprint density at radius 2 is 2.11 bits per heavy atom.